The van der Waals surface area contributed by atoms with Gasteiger partial charge in [-0.15, -0.1) is 0 Å². The lowest BCUT2D eigenvalue weighted by Gasteiger charge is -2.19. The normalized spacial score (nSPS) is 10.7. The second-order valence-corrected chi connectivity index (χ2v) is 5.77. The number of carbonyl (C=O) groups is 2. The van der Waals surface area contributed by atoms with E-state index in [4.69, 9.17) is 4.74 Å². The Morgan fingerprint density at radius 3 is 2.48 bits per heavy atom. The zero-order valence-corrected chi connectivity index (χ0v) is 15.0. The summed E-state index contributed by atoms with van der Waals surface area (Å²) in [5.41, 5.74) is 0.386. The van der Waals surface area contributed by atoms with E-state index >= 15 is 0 Å². The van der Waals surface area contributed by atoms with E-state index in [1.165, 1.54) is 4.90 Å². The molecule has 130 valence electrons. The highest BCUT2D eigenvalue weighted by molar-refractivity contribution is 5.99. The average molecular weight is 324 g/mol. The van der Waals surface area contributed by atoms with Gasteiger partial charge in [0.25, 0.3) is 11.9 Å². The molecule has 1 aromatic heterocycles. The zero-order chi connectivity index (χ0) is 17.6. The molecule has 0 aliphatic rings. The smallest absolute Gasteiger partial charge is 0.299 e. The Morgan fingerprint density at radius 2 is 2.00 bits per heavy atom. The Bertz CT molecular complexity index is 540. The molecule has 0 N–H and O–H groups in total. The van der Waals surface area contributed by atoms with Crippen LogP contribution in [0.15, 0.2) is 0 Å². The maximum atomic E-state index is 12.8. The van der Waals surface area contributed by atoms with Crippen LogP contribution in [-0.4, -0.2) is 53.5 Å². The second-order valence-electron chi connectivity index (χ2n) is 5.77. The van der Waals surface area contributed by atoms with Gasteiger partial charge in [0.05, 0.1) is 6.10 Å². The molecule has 0 saturated heterocycles. The molecule has 0 aliphatic heterocycles. The van der Waals surface area contributed by atoms with E-state index in [1.807, 2.05) is 20.8 Å². The van der Waals surface area contributed by atoms with Crippen molar-refractivity contribution in [3.05, 3.63) is 5.69 Å². The minimum atomic E-state index is -0.157. The number of nitrogens with zero attached hydrogens (tertiary/aromatic N) is 4. The van der Waals surface area contributed by atoms with Crippen molar-refractivity contribution in [1.82, 2.24) is 14.5 Å². The van der Waals surface area contributed by atoms with E-state index in [2.05, 4.69) is 11.9 Å². The third-order valence-electron chi connectivity index (χ3n) is 3.46. The molecule has 0 saturated carbocycles. The number of unbranched alkanes of at least 4 members (excludes halogenated alkanes) is 1. The van der Waals surface area contributed by atoms with E-state index in [0.29, 0.717) is 37.0 Å². The van der Waals surface area contributed by atoms with Crippen LogP contribution in [0.25, 0.3) is 0 Å². The number of hydrogen-bond donors (Lipinski definition) is 0. The Labute approximate surface area is 138 Å². The summed E-state index contributed by atoms with van der Waals surface area (Å²) in [4.78, 5) is 31.3. The maximum Gasteiger partial charge on any atom is 0.299 e. The summed E-state index contributed by atoms with van der Waals surface area (Å²) >= 11 is 0. The fraction of sp³-hybridized carbons (Fsp3) is 0.688. The predicted octanol–water partition coefficient (Wildman–Crippen LogP) is 2.15. The van der Waals surface area contributed by atoms with E-state index in [-0.39, 0.29) is 12.0 Å². The van der Waals surface area contributed by atoms with Crippen molar-refractivity contribution in [1.29, 1.82) is 0 Å². The molecular formula is C16H28N4O3. The van der Waals surface area contributed by atoms with Gasteiger partial charge in [-0.2, -0.15) is 4.98 Å². The van der Waals surface area contributed by atoms with Crippen LogP contribution in [0.4, 0.5) is 5.82 Å². The molecule has 0 bridgehead atoms. The van der Waals surface area contributed by atoms with Gasteiger partial charge in [-0.1, -0.05) is 13.3 Å². The van der Waals surface area contributed by atoms with Crippen molar-refractivity contribution >= 4 is 18.1 Å². The Morgan fingerprint density at radius 1 is 1.35 bits per heavy atom. The van der Waals surface area contributed by atoms with Crippen molar-refractivity contribution in [2.24, 2.45) is 0 Å². The highest BCUT2D eigenvalue weighted by Gasteiger charge is 2.28. The molecule has 7 nitrogen and oxygen atoms in total. The summed E-state index contributed by atoms with van der Waals surface area (Å²) in [5.74, 6) is 0.168. The van der Waals surface area contributed by atoms with Crippen molar-refractivity contribution in [2.45, 2.75) is 53.2 Å². The number of hydrogen-bond acceptors (Lipinski definition) is 4. The molecule has 1 aromatic rings. The first-order chi connectivity index (χ1) is 10.9. The quantitative estimate of drug-likeness (QED) is 0.653. The fourth-order valence-electron chi connectivity index (χ4n) is 2.20. The SMILES string of the molecule is CCCCN(C)C(=O)c1c(N(C)C=O)nc(OC(C)C)n1CC. The van der Waals surface area contributed by atoms with Crippen LogP contribution in [0.3, 0.4) is 0 Å². The monoisotopic (exact) mass is 324 g/mol. The fourth-order valence-corrected chi connectivity index (χ4v) is 2.20. The van der Waals surface area contributed by atoms with Gasteiger partial charge in [0, 0.05) is 27.2 Å². The van der Waals surface area contributed by atoms with Crippen LogP contribution in [-0.2, 0) is 11.3 Å². The van der Waals surface area contributed by atoms with Crippen molar-refractivity contribution in [3.63, 3.8) is 0 Å². The van der Waals surface area contributed by atoms with Gasteiger partial charge in [0.15, 0.2) is 11.5 Å². The highest BCUT2D eigenvalue weighted by atomic mass is 16.5. The van der Waals surface area contributed by atoms with Crippen molar-refractivity contribution in [3.8, 4) is 6.01 Å². The molecule has 0 spiro atoms. The van der Waals surface area contributed by atoms with Crippen LogP contribution in [0.5, 0.6) is 6.01 Å². The van der Waals surface area contributed by atoms with E-state index in [9.17, 15) is 9.59 Å². The molecule has 1 rings (SSSR count). The van der Waals surface area contributed by atoms with Gasteiger partial charge < -0.3 is 14.5 Å². The number of aromatic nitrogens is 2. The van der Waals surface area contributed by atoms with Gasteiger partial charge in [-0.3, -0.25) is 14.2 Å². The summed E-state index contributed by atoms with van der Waals surface area (Å²) in [5, 5.41) is 0. The lowest BCUT2D eigenvalue weighted by atomic mass is 10.3. The Hall–Kier alpha value is -2.05. The van der Waals surface area contributed by atoms with Gasteiger partial charge >= 0.3 is 0 Å². The molecule has 7 heteroatoms. The largest absolute Gasteiger partial charge is 0.462 e. The summed E-state index contributed by atoms with van der Waals surface area (Å²) in [6.07, 6.45) is 2.51. The molecule has 0 aliphatic carbocycles. The number of rotatable bonds is 9. The van der Waals surface area contributed by atoms with E-state index < -0.39 is 0 Å². The second kappa shape index (κ2) is 8.55. The Kier molecular flexibility index (Phi) is 7.06. The van der Waals surface area contributed by atoms with Gasteiger partial charge in [0.2, 0.25) is 6.41 Å². The average Bonchev–Trinajstić information content (AvgIpc) is 2.88. The maximum absolute atomic E-state index is 12.8. The minimum Gasteiger partial charge on any atom is -0.462 e. The van der Waals surface area contributed by atoms with E-state index in [0.717, 1.165) is 12.8 Å². The first kappa shape index (κ1) is 19.0. The first-order valence-electron chi connectivity index (χ1n) is 8.08. The minimum absolute atomic E-state index is 0.0714. The number of amides is 2. The number of ether oxygens (including phenoxy) is 1. The first-order valence-corrected chi connectivity index (χ1v) is 8.08. The summed E-state index contributed by atoms with van der Waals surface area (Å²) in [6, 6.07) is 0.360. The van der Waals surface area contributed by atoms with Crippen LogP contribution >= 0.6 is 0 Å². The third kappa shape index (κ3) is 4.46. The number of imidazole rings is 1. The van der Waals surface area contributed by atoms with Gasteiger partial charge in [0.1, 0.15) is 0 Å². The predicted molar refractivity (Wildman–Crippen MR) is 90.0 cm³/mol. The Balaban J connectivity index is 3.32. The summed E-state index contributed by atoms with van der Waals surface area (Å²) in [7, 11) is 3.34. The molecule has 0 atom stereocenters. The van der Waals surface area contributed by atoms with Gasteiger partial charge in [-0.05, 0) is 27.2 Å². The molecule has 0 radical (unpaired) electrons. The standard InChI is InChI=1S/C16H28N4O3/c1-7-9-10-18(5)15(22)13-14(19(6)11-21)17-16(20(13)8-2)23-12(3)4/h11-12H,7-10H2,1-6H3. The van der Waals surface area contributed by atoms with Gasteiger partial charge in [-0.25, -0.2) is 0 Å². The molecular weight excluding hydrogens is 296 g/mol. The van der Waals surface area contributed by atoms with Crippen molar-refractivity contribution in [2.75, 3.05) is 25.5 Å². The van der Waals surface area contributed by atoms with Crippen LogP contribution in [0.2, 0.25) is 0 Å². The number of anilines is 1. The molecule has 2 amide bonds. The lowest BCUT2D eigenvalue weighted by Crippen LogP contribution is -2.31. The van der Waals surface area contributed by atoms with Crippen LogP contribution in [0.1, 0.15) is 51.0 Å². The zero-order valence-electron chi connectivity index (χ0n) is 15.0. The van der Waals surface area contributed by atoms with E-state index in [1.54, 1.807) is 23.6 Å². The topological polar surface area (TPSA) is 67.7 Å². The molecule has 23 heavy (non-hydrogen) atoms. The lowest BCUT2D eigenvalue weighted by molar-refractivity contribution is -0.107. The molecule has 0 fully saturated rings. The van der Waals surface area contributed by atoms with Crippen molar-refractivity contribution < 1.29 is 14.3 Å². The summed E-state index contributed by atoms with van der Waals surface area (Å²) < 4.78 is 7.42. The van der Waals surface area contributed by atoms with Crippen LogP contribution in [0, 0.1) is 0 Å². The third-order valence-corrected chi connectivity index (χ3v) is 3.46. The highest BCUT2D eigenvalue weighted by Crippen LogP contribution is 2.26. The van der Waals surface area contributed by atoms with Crippen LogP contribution < -0.4 is 9.64 Å². The summed E-state index contributed by atoms with van der Waals surface area (Å²) in [6.45, 7) is 8.98. The molecule has 1 heterocycles. The molecule has 0 aromatic carbocycles. The molecule has 0 unspecified atom stereocenters. The number of carbonyl (C=O) groups excluding carboxylic acids is 2.